The molecule has 3 heterocycles. The Kier molecular flexibility index (Phi) is 4.17. The molecule has 9 heteroatoms. The van der Waals surface area contributed by atoms with Crippen LogP contribution in [-0.2, 0) is 0 Å². The third kappa shape index (κ3) is 3.29. The Hall–Kier alpha value is -3.46. The van der Waals surface area contributed by atoms with Crippen LogP contribution in [0.25, 0.3) is 21.5 Å². The minimum atomic E-state index is -0.465. The Labute approximate surface area is 169 Å². The van der Waals surface area contributed by atoms with E-state index in [9.17, 15) is 5.11 Å². The number of pyridine rings is 1. The van der Waals surface area contributed by atoms with Crippen LogP contribution in [0, 0.1) is 0 Å². The zero-order valence-electron chi connectivity index (χ0n) is 15.5. The Morgan fingerprint density at radius 1 is 1.34 bits per heavy atom. The number of rotatable bonds is 5. The quantitative estimate of drug-likeness (QED) is 0.309. The Balaban J connectivity index is 1.50. The molecule has 2 N–H and O–H groups in total. The first kappa shape index (κ1) is 17.6. The number of nitrogens with two attached hydrogens (primary N) is 1. The summed E-state index contributed by atoms with van der Waals surface area (Å²) >= 11 is 1.22. The molecule has 146 valence electrons. The highest BCUT2D eigenvalue weighted by Gasteiger charge is 2.35. The standard InChI is InChI=1S/C20H17N5O3S/c1-27-13-4-2-3-11(9-13)15-8-7-14-17(21)18(29-20(14)22-15)19(26)23-16-10-25(24-28-16)12-5-6-12/h2-4,7-10,12H,5-6H2,1H3,(H2-,21,23,24,26). The molecule has 1 saturated carbocycles. The molecule has 3 aromatic heterocycles. The maximum atomic E-state index is 12.7. The Morgan fingerprint density at radius 2 is 2.21 bits per heavy atom. The van der Waals surface area contributed by atoms with E-state index in [0.29, 0.717) is 21.4 Å². The minimum Gasteiger partial charge on any atom is -0.857 e. The number of ether oxygens (including phenoxy) is 1. The molecule has 0 spiro atoms. The lowest BCUT2D eigenvalue weighted by Gasteiger charge is -2.06. The Morgan fingerprint density at radius 3 is 3.00 bits per heavy atom. The number of fused-ring (bicyclic) bond motifs is 1. The molecule has 1 aliphatic carbocycles. The highest BCUT2D eigenvalue weighted by Crippen LogP contribution is 2.35. The number of nitrogens with zero attached hydrogens (tertiary/aromatic N) is 4. The van der Waals surface area contributed by atoms with Crippen molar-refractivity contribution in [2.75, 3.05) is 12.8 Å². The van der Waals surface area contributed by atoms with E-state index in [4.69, 9.17) is 15.0 Å². The molecule has 0 atom stereocenters. The van der Waals surface area contributed by atoms with Gasteiger partial charge in [-0.15, -0.1) is 11.3 Å². The van der Waals surface area contributed by atoms with Crippen molar-refractivity contribution in [1.82, 2.24) is 10.3 Å². The molecule has 0 bridgehead atoms. The van der Waals surface area contributed by atoms with Crippen molar-refractivity contribution in [1.29, 1.82) is 0 Å². The molecule has 29 heavy (non-hydrogen) atoms. The number of nitrogen functional groups attached to an aromatic ring is 1. The number of hydrogen-bond acceptors (Lipinski definition) is 8. The lowest BCUT2D eigenvalue weighted by Crippen LogP contribution is -2.32. The van der Waals surface area contributed by atoms with Gasteiger partial charge >= 0.3 is 5.88 Å². The fourth-order valence-corrected chi connectivity index (χ4v) is 4.04. The third-order valence-corrected chi connectivity index (χ3v) is 5.86. The summed E-state index contributed by atoms with van der Waals surface area (Å²) in [6.45, 7) is 0. The summed E-state index contributed by atoms with van der Waals surface area (Å²) < 4.78 is 12.1. The number of benzene rings is 1. The molecular formula is C20H17N5O3S. The molecule has 5 rings (SSSR count). The highest BCUT2D eigenvalue weighted by molar-refractivity contribution is 7.21. The molecule has 0 radical (unpaired) electrons. The van der Waals surface area contributed by atoms with Crippen LogP contribution in [0.4, 0.5) is 11.6 Å². The van der Waals surface area contributed by atoms with Crippen molar-refractivity contribution in [2.24, 2.45) is 4.99 Å². The van der Waals surface area contributed by atoms with Gasteiger partial charge in [0.1, 0.15) is 10.6 Å². The van der Waals surface area contributed by atoms with Gasteiger partial charge in [-0.1, -0.05) is 12.1 Å². The van der Waals surface area contributed by atoms with E-state index >= 15 is 0 Å². The van der Waals surface area contributed by atoms with Gasteiger partial charge in [-0.2, -0.15) is 0 Å². The van der Waals surface area contributed by atoms with Crippen LogP contribution in [0.1, 0.15) is 23.8 Å². The molecular weight excluding hydrogens is 390 g/mol. The average Bonchev–Trinajstić information content (AvgIpc) is 3.41. The van der Waals surface area contributed by atoms with Crippen LogP contribution in [-0.4, -0.2) is 23.3 Å². The molecule has 0 unspecified atom stereocenters. The van der Waals surface area contributed by atoms with E-state index < -0.39 is 5.90 Å². The van der Waals surface area contributed by atoms with E-state index in [1.54, 1.807) is 18.0 Å². The molecule has 4 aromatic rings. The van der Waals surface area contributed by atoms with Crippen molar-refractivity contribution in [2.45, 2.75) is 18.9 Å². The van der Waals surface area contributed by atoms with Gasteiger partial charge in [0.15, 0.2) is 6.04 Å². The van der Waals surface area contributed by atoms with Crippen molar-refractivity contribution >= 4 is 39.0 Å². The number of methoxy groups -OCH3 is 1. The van der Waals surface area contributed by atoms with Crippen LogP contribution < -0.4 is 20.3 Å². The van der Waals surface area contributed by atoms with Crippen molar-refractivity contribution < 1.29 is 19.0 Å². The van der Waals surface area contributed by atoms with E-state index in [2.05, 4.69) is 15.2 Å². The van der Waals surface area contributed by atoms with Crippen molar-refractivity contribution in [3.63, 3.8) is 0 Å². The van der Waals surface area contributed by atoms with Gasteiger partial charge in [0.2, 0.25) is 5.27 Å². The zero-order chi connectivity index (χ0) is 20.0. The minimum absolute atomic E-state index is 0.170. The average molecular weight is 407 g/mol. The van der Waals surface area contributed by atoms with Crippen LogP contribution in [0.5, 0.6) is 5.75 Å². The fourth-order valence-electron chi connectivity index (χ4n) is 3.06. The van der Waals surface area contributed by atoms with Gasteiger partial charge in [-0.25, -0.2) is 9.98 Å². The molecule has 1 fully saturated rings. The molecule has 1 aromatic carbocycles. The molecule has 1 aliphatic rings. The van der Waals surface area contributed by atoms with Crippen molar-refractivity contribution in [3.05, 3.63) is 47.5 Å². The van der Waals surface area contributed by atoms with E-state index in [1.807, 2.05) is 36.4 Å². The number of hydrogen-bond donors (Lipinski definition) is 1. The summed E-state index contributed by atoms with van der Waals surface area (Å²) in [5.74, 6) is 0.455. The third-order valence-electron chi connectivity index (χ3n) is 4.76. The van der Waals surface area contributed by atoms with Crippen LogP contribution in [0.3, 0.4) is 0 Å². The number of anilines is 1. The summed E-state index contributed by atoms with van der Waals surface area (Å²) in [5, 5.41) is 17.3. The van der Waals surface area contributed by atoms with Crippen LogP contribution in [0.2, 0.25) is 0 Å². The van der Waals surface area contributed by atoms with Gasteiger partial charge in [0, 0.05) is 29.7 Å². The summed E-state index contributed by atoms with van der Waals surface area (Å²) in [4.78, 5) is 9.70. The van der Waals surface area contributed by atoms with Crippen molar-refractivity contribution in [3.8, 4) is 17.0 Å². The first-order valence-electron chi connectivity index (χ1n) is 9.10. The second-order valence-corrected chi connectivity index (χ2v) is 7.79. The zero-order valence-corrected chi connectivity index (χ0v) is 16.3. The lowest BCUT2D eigenvalue weighted by molar-refractivity contribution is -0.765. The summed E-state index contributed by atoms with van der Waals surface area (Å²) in [5.41, 5.74) is 8.27. The summed E-state index contributed by atoms with van der Waals surface area (Å²) in [6, 6.07) is 11.7. The molecule has 0 aliphatic heterocycles. The topological polar surface area (TPSA) is 113 Å². The normalized spacial score (nSPS) is 14.4. The SMILES string of the molecule is COc1cccc(-c2ccc3c(N)c(/C([O-])=N/c4c[n+](C5CC5)no4)sc3n2)c1. The van der Waals surface area contributed by atoms with Gasteiger partial charge in [-0.05, 0) is 28.9 Å². The first-order chi connectivity index (χ1) is 14.1. The van der Waals surface area contributed by atoms with E-state index in [0.717, 1.165) is 35.2 Å². The molecule has 8 nitrogen and oxygen atoms in total. The predicted molar refractivity (Wildman–Crippen MR) is 107 cm³/mol. The Bertz CT molecular complexity index is 1240. The highest BCUT2D eigenvalue weighted by atomic mass is 32.1. The molecule has 0 saturated heterocycles. The monoisotopic (exact) mass is 407 g/mol. The number of thiophene rings is 1. The van der Waals surface area contributed by atoms with Gasteiger partial charge < -0.3 is 15.6 Å². The van der Waals surface area contributed by atoms with Gasteiger partial charge in [0.25, 0.3) is 6.20 Å². The summed E-state index contributed by atoms with van der Waals surface area (Å²) in [7, 11) is 1.62. The second kappa shape index (κ2) is 6.85. The lowest BCUT2D eigenvalue weighted by atomic mass is 10.1. The predicted octanol–water partition coefficient (Wildman–Crippen LogP) is 2.60. The van der Waals surface area contributed by atoms with E-state index in [-0.39, 0.29) is 5.88 Å². The number of aliphatic imine (C=N–C) groups is 1. The van der Waals surface area contributed by atoms with Crippen LogP contribution >= 0.6 is 11.3 Å². The second-order valence-electron chi connectivity index (χ2n) is 6.79. The fraction of sp³-hybridized carbons (Fsp3) is 0.200. The maximum Gasteiger partial charge on any atom is 0.320 e. The van der Waals surface area contributed by atoms with Gasteiger partial charge in [0.05, 0.1) is 23.4 Å². The van der Waals surface area contributed by atoms with Crippen LogP contribution in [0.15, 0.2) is 52.1 Å². The maximum absolute atomic E-state index is 12.7. The molecule has 0 amide bonds. The van der Waals surface area contributed by atoms with Gasteiger partial charge in [-0.3, -0.25) is 4.52 Å². The number of aromatic nitrogens is 3. The summed E-state index contributed by atoms with van der Waals surface area (Å²) in [6.07, 6.45) is 3.77. The first-order valence-corrected chi connectivity index (χ1v) is 9.91. The van der Waals surface area contributed by atoms with E-state index in [1.165, 1.54) is 11.3 Å². The smallest absolute Gasteiger partial charge is 0.320 e. The largest absolute Gasteiger partial charge is 0.857 e.